The highest BCUT2D eigenvalue weighted by molar-refractivity contribution is 5.87. The van der Waals surface area contributed by atoms with E-state index in [1.54, 1.807) is 0 Å². The highest BCUT2D eigenvalue weighted by Gasteiger charge is 2.41. The van der Waals surface area contributed by atoms with Gasteiger partial charge in [-0.05, 0) is 12.1 Å². The third-order valence-corrected chi connectivity index (χ3v) is 2.15. The molecule has 0 saturated heterocycles. The molecule has 0 aromatic carbocycles. The van der Waals surface area contributed by atoms with E-state index in [0.717, 1.165) is 23.8 Å². The van der Waals surface area contributed by atoms with Crippen molar-refractivity contribution in [3.05, 3.63) is 23.5 Å². The van der Waals surface area contributed by atoms with E-state index < -0.39 is 23.9 Å². The summed E-state index contributed by atoms with van der Waals surface area (Å²) in [6, 6.07) is 2.19. The van der Waals surface area contributed by atoms with Crippen LogP contribution in [0.4, 0.5) is 13.2 Å². The number of carbonyl (C=O) groups excluding carboxylic acids is 1. The Kier molecular flexibility index (Phi) is 3.27. The monoisotopic (exact) mass is 237 g/mol. The number of ether oxygens (including phenoxy) is 1. The van der Waals surface area contributed by atoms with Gasteiger partial charge in [-0.2, -0.15) is 13.2 Å². The van der Waals surface area contributed by atoms with Gasteiger partial charge in [0.25, 0.3) is 0 Å². The second-order valence-corrected chi connectivity index (χ2v) is 3.14. The zero-order valence-electron chi connectivity index (χ0n) is 8.58. The molecule has 0 aliphatic carbocycles. The lowest BCUT2D eigenvalue weighted by Crippen LogP contribution is -2.23. The molecule has 1 heterocycles. The number of alkyl halides is 3. The Morgan fingerprint density at radius 2 is 2.06 bits per heavy atom. The van der Waals surface area contributed by atoms with Gasteiger partial charge in [0, 0.05) is 7.05 Å². The molecule has 1 atom stereocenters. The van der Waals surface area contributed by atoms with Gasteiger partial charge < -0.3 is 14.4 Å². The Morgan fingerprint density at radius 3 is 2.50 bits per heavy atom. The first-order valence-corrected chi connectivity index (χ1v) is 4.27. The van der Waals surface area contributed by atoms with Crippen molar-refractivity contribution in [1.82, 2.24) is 4.57 Å². The molecule has 0 fully saturated rings. The summed E-state index contributed by atoms with van der Waals surface area (Å²) in [5.74, 6) is -0.761. The van der Waals surface area contributed by atoms with Gasteiger partial charge in [-0.15, -0.1) is 0 Å². The average Bonchev–Trinajstić information content (AvgIpc) is 2.56. The number of methoxy groups -OCH3 is 1. The molecule has 1 aromatic heterocycles. The van der Waals surface area contributed by atoms with Crippen molar-refractivity contribution < 1.29 is 27.8 Å². The number of aromatic nitrogens is 1. The zero-order chi connectivity index (χ0) is 12.5. The molecule has 90 valence electrons. The van der Waals surface area contributed by atoms with Crippen molar-refractivity contribution in [1.29, 1.82) is 0 Å². The minimum Gasteiger partial charge on any atom is -0.464 e. The van der Waals surface area contributed by atoms with Gasteiger partial charge in [0.2, 0.25) is 0 Å². The molecule has 0 radical (unpaired) electrons. The maximum atomic E-state index is 12.2. The molecule has 7 heteroatoms. The normalized spacial score (nSPS) is 13.6. The largest absolute Gasteiger partial charge is 0.464 e. The standard InChI is InChI=1S/C9H10F3NO3/c1-13-5(7(14)9(10,11)12)3-4-6(13)8(15)16-2/h3-4,7,14H,1-2H3/t7-/m0/s1. The summed E-state index contributed by atoms with van der Waals surface area (Å²) in [4.78, 5) is 11.1. The lowest BCUT2D eigenvalue weighted by molar-refractivity contribution is -0.208. The fraction of sp³-hybridized carbons (Fsp3) is 0.444. The van der Waals surface area contributed by atoms with Crippen molar-refractivity contribution in [2.75, 3.05) is 7.11 Å². The molecule has 0 bridgehead atoms. The van der Waals surface area contributed by atoms with Crippen LogP contribution >= 0.6 is 0 Å². The number of hydrogen-bond acceptors (Lipinski definition) is 3. The number of aliphatic hydroxyl groups is 1. The number of halogens is 3. The molecular weight excluding hydrogens is 227 g/mol. The minimum absolute atomic E-state index is 0.0548. The van der Waals surface area contributed by atoms with Crippen molar-refractivity contribution in [2.45, 2.75) is 12.3 Å². The van der Waals surface area contributed by atoms with Gasteiger partial charge in [0.15, 0.2) is 6.10 Å². The first-order chi connectivity index (χ1) is 7.29. The Bertz CT molecular complexity index is 397. The van der Waals surface area contributed by atoms with Crippen LogP contribution in [0.15, 0.2) is 12.1 Å². The molecule has 0 unspecified atom stereocenters. The van der Waals surface area contributed by atoms with E-state index in [1.165, 1.54) is 7.05 Å². The summed E-state index contributed by atoms with van der Waals surface area (Å²) in [6.45, 7) is 0. The Morgan fingerprint density at radius 1 is 1.50 bits per heavy atom. The molecule has 4 nitrogen and oxygen atoms in total. The first kappa shape index (κ1) is 12.6. The maximum absolute atomic E-state index is 12.2. The molecule has 1 rings (SSSR count). The summed E-state index contributed by atoms with van der Waals surface area (Å²) < 4.78 is 42.0. The van der Waals surface area contributed by atoms with Crippen LogP contribution < -0.4 is 0 Å². The molecular formula is C9H10F3NO3. The second-order valence-electron chi connectivity index (χ2n) is 3.14. The number of carbonyl (C=O) groups is 1. The Labute approximate surface area is 89.2 Å². The maximum Gasteiger partial charge on any atom is 0.420 e. The fourth-order valence-electron chi connectivity index (χ4n) is 1.28. The summed E-state index contributed by atoms with van der Waals surface area (Å²) >= 11 is 0. The molecule has 0 aliphatic heterocycles. The van der Waals surface area contributed by atoms with Gasteiger partial charge in [0.05, 0.1) is 12.8 Å². The van der Waals surface area contributed by atoms with Crippen LogP contribution in [0, 0.1) is 0 Å². The van der Waals surface area contributed by atoms with E-state index in [2.05, 4.69) is 4.74 Å². The third kappa shape index (κ3) is 2.19. The van der Waals surface area contributed by atoms with Gasteiger partial charge >= 0.3 is 12.1 Å². The lowest BCUT2D eigenvalue weighted by Gasteiger charge is -2.15. The van der Waals surface area contributed by atoms with Crippen LogP contribution in [-0.4, -0.2) is 28.9 Å². The van der Waals surface area contributed by atoms with Crippen LogP contribution in [0.2, 0.25) is 0 Å². The molecule has 0 saturated carbocycles. The fourth-order valence-corrected chi connectivity index (χ4v) is 1.28. The van der Waals surface area contributed by atoms with Gasteiger partial charge in [-0.25, -0.2) is 4.79 Å². The quantitative estimate of drug-likeness (QED) is 0.791. The SMILES string of the molecule is COC(=O)c1ccc([C@H](O)C(F)(F)F)n1C. The topological polar surface area (TPSA) is 51.5 Å². The molecule has 1 aromatic rings. The van der Waals surface area contributed by atoms with E-state index in [0.29, 0.717) is 0 Å². The number of esters is 1. The minimum atomic E-state index is -4.76. The van der Waals surface area contributed by atoms with Crippen LogP contribution in [0.25, 0.3) is 0 Å². The van der Waals surface area contributed by atoms with Crippen molar-refractivity contribution in [2.24, 2.45) is 7.05 Å². The first-order valence-electron chi connectivity index (χ1n) is 4.27. The lowest BCUT2D eigenvalue weighted by atomic mass is 10.2. The van der Waals surface area contributed by atoms with E-state index in [9.17, 15) is 18.0 Å². The summed E-state index contributed by atoms with van der Waals surface area (Å²) in [7, 11) is 2.37. The van der Waals surface area contributed by atoms with Crippen LogP contribution in [-0.2, 0) is 11.8 Å². The van der Waals surface area contributed by atoms with E-state index in [-0.39, 0.29) is 5.69 Å². The highest BCUT2D eigenvalue weighted by Crippen LogP contribution is 2.32. The predicted molar refractivity (Wildman–Crippen MR) is 47.8 cm³/mol. The van der Waals surface area contributed by atoms with Gasteiger partial charge in [-0.1, -0.05) is 0 Å². The smallest absolute Gasteiger partial charge is 0.420 e. The summed E-state index contributed by atoms with van der Waals surface area (Å²) in [5, 5.41) is 9.01. The van der Waals surface area contributed by atoms with E-state index in [1.807, 2.05) is 0 Å². The molecule has 16 heavy (non-hydrogen) atoms. The number of aliphatic hydroxyl groups excluding tert-OH is 1. The molecule has 0 aliphatic rings. The van der Waals surface area contributed by atoms with Gasteiger partial charge in [0.1, 0.15) is 5.69 Å². The van der Waals surface area contributed by atoms with Crippen molar-refractivity contribution >= 4 is 5.97 Å². The van der Waals surface area contributed by atoms with Crippen molar-refractivity contribution in [3.8, 4) is 0 Å². The average molecular weight is 237 g/mol. The zero-order valence-corrected chi connectivity index (χ0v) is 8.58. The Hall–Kier alpha value is -1.50. The number of hydrogen-bond donors (Lipinski definition) is 1. The van der Waals surface area contributed by atoms with Crippen LogP contribution in [0.5, 0.6) is 0 Å². The third-order valence-electron chi connectivity index (χ3n) is 2.15. The van der Waals surface area contributed by atoms with E-state index >= 15 is 0 Å². The van der Waals surface area contributed by atoms with Gasteiger partial charge in [-0.3, -0.25) is 0 Å². The predicted octanol–water partition coefficient (Wildman–Crippen LogP) is 1.41. The number of nitrogens with zero attached hydrogens (tertiary/aromatic N) is 1. The van der Waals surface area contributed by atoms with Crippen LogP contribution in [0.3, 0.4) is 0 Å². The second kappa shape index (κ2) is 4.17. The number of rotatable bonds is 2. The summed E-state index contributed by atoms with van der Waals surface area (Å²) in [5.41, 5.74) is -0.464. The van der Waals surface area contributed by atoms with Crippen molar-refractivity contribution in [3.63, 3.8) is 0 Å². The van der Waals surface area contributed by atoms with Crippen LogP contribution in [0.1, 0.15) is 22.3 Å². The molecule has 0 spiro atoms. The summed E-state index contributed by atoms with van der Waals surface area (Å²) in [6.07, 6.45) is -7.38. The molecule has 1 N–H and O–H groups in total. The molecule has 0 amide bonds. The van der Waals surface area contributed by atoms with E-state index in [4.69, 9.17) is 5.11 Å². The Balaban J connectivity index is 3.10. The highest BCUT2D eigenvalue weighted by atomic mass is 19.4.